The maximum absolute atomic E-state index is 11.6. The van der Waals surface area contributed by atoms with Crippen molar-refractivity contribution in [1.29, 1.82) is 0 Å². The molecule has 0 rings (SSSR count). The monoisotopic (exact) mass is 484 g/mol. The Morgan fingerprint density at radius 3 is 2.41 bits per heavy atom. The van der Waals surface area contributed by atoms with Gasteiger partial charge < -0.3 is 4.74 Å². The molecule has 6 nitrogen and oxygen atoms in total. The van der Waals surface area contributed by atoms with Gasteiger partial charge in [0.05, 0.1) is 0 Å². The molecule has 128 valence electrons. The summed E-state index contributed by atoms with van der Waals surface area (Å²) in [6, 6.07) is 0. The SMILES string of the molecule is COCCCCCCNC(=O)CCCC[O][Ga]([I])[NH]C(C)=O. The fourth-order valence-corrected chi connectivity index (χ4v) is 7.05. The van der Waals surface area contributed by atoms with E-state index in [1.807, 2.05) is 0 Å². The summed E-state index contributed by atoms with van der Waals surface area (Å²) in [5.74, 6) is 0.0901. The number of methoxy groups -OCH3 is 1. The van der Waals surface area contributed by atoms with E-state index in [9.17, 15) is 9.59 Å². The van der Waals surface area contributed by atoms with Gasteiger partial charge in [0.25, 0.3) is 0 Å². The standard InChI is InChI=1S/C12H24NO3.C2H5NO.Ga.HI/c1-16-11-7-3-2-5-9-13-12(15)8-4-6-10-14;1-2(3)4;;/h2-11H2,1H3,(H,13,15);1H3,(H2,3,4);;1H/q-1;;+3;/p-2. The average Bonchev–Trinajstić information content (AvgIpc) is 2.45. The fourth-order valence-electron chi connectivity index (χ4n) is 1.82. The molecule has 2 N–H and O–H groups in total. The number of nitrogens with one attached hydrogen (secondary N) is 2. The molecule has 8 heteroatoms. The van der Waals surface area contributed by atoms with Crippen molar-refractivity contribution in [3.8, 4) is 0 Å². The maximum atomic E-state index is 11.6. The predicted octanol–water partition coefficient (Wildman–Crippen LogP) is 2.05. The number of carbonyl (C=O) groups excluding carboxylic acids is 2. The van der Waals surface area contributed by atoms with Crippen LogP contribution in [0.15, 0.2) is 0 Å². The molecule has 0 aromatic carbocycles. The van der Waals surface area contributed by atoms with Gasteiger partial charge in [0.1, 0.15) is 0 Å². The van der Waals surface area contributed by atoms with Crippen LogP contribution in [0, 0.1) is 0 Å². The Morgan fingerprint density at radius 1 is 1.05 bits per heavy atom. The van der Waals surface area contributed by atoms with Gasteiger partial charge in [0.2, 0.25) is 0 Å². The molecule has 0 saturated heterocycles. The van der Waals surface area contributed by atoms with E-state index in [1.54, 1.807) is 7.11 Å². The molecule has 0 aliphatic heterocycles. The van der Waals surface area contributed by atoms with Gasteiger partial charge in [-0.05, 0) is 0 Å². The molecular formula is C14H28GaIN2O4. The molecule has 22 heavy (non-hydrogen) atoms. The Balaban J connectivity index is 3.30. The number of carbonyl (C=O) groups is 2. The van der Waals surface area contributed by atoms with E-state index in [1.165, 1.54) is 6.92 Å². The molecule has 0 bridgehead atoms. The quantitative estimate of drug-likeness (QED) is 0.225. The van der Waals surface area contributed by atoms with Gasteiger partial charge in [-0.1, -0.05) is 0 Å². The van der Waals surface area contributed by atoms with Crippen LogP contribution >= 0.6 is 19.7 Å². The summed E-state index contributed by atoms with van der Waals surface area (Å²) >= 11 is 0.147. The first-order valence-electron chi connectivity index (χ1n) is 7.84. The Hall–Kier alpha value is 0.226. The normalized spacial score (nSPS) is 10.3. The summed E-state index contributed by atoms with van der Waals surface area (Å²) < 4.78 is 13.4. The summed E-state index contributed by atoms with van der Waals surface area (Å²) in [6.45, 7) is 3.71. The third-order valence-electron chi connectivity index (χ3n) is 2.98. The van der Waals surface area contributed by atoms with Gasteiger partial charge in [-0.2, -0.15) is 0 Å². The van der Waals surface area contributed by atoms with Crippen LogP contribution in [-0.4, -0.2) is 52.0 Å². The Kier molecular flexibility index (Phi) is 16.3. The number of unbranched alkanes of at least 4 members (excludes halogenated alkanes) is 4. The van der Waals surface area contributed by atoms with Crippen LogP contribution in [0.1, 0.15) is 51.9 Å². The Labute approximate surface area is 150 Å². The first kappa shape index (κ1) is 22.2. The minimum absolute atomic E-state index is 0.0269. The number of hydrogen-bond donors (Lipinski definition) is 2. The molecule has 0 aromatic heterocycles. The number of halogens is 1. The number of hydrogen-bond acceptors (Lipinski definition) is 4. The van der Waals surface area contributed by atoms with Crippen LogP contribution in [0.5, 0.6) is 0 Å². The Morgan fingerprint density at radius 2 is 1.73 bits per heavy atom. The van der Waals surface area contributed by atoms with E-state index in [0.717, 1.165) is 51.7 Å². The van der Waals surface area contributed by atoms with Crippen molar-refractivity contribution in [3.63, 3.8) is 0 Å². The molecule has 0 atom stereocenters. The van der Waals surface area contributed by atoms with E-state index >= 15 is 0 Å². The molecule has 0 saturated carbocycles. The van der Waals surface area contributed by atoms with Crippen molar-refractivity contribution in [1.82, 2.24) is 9.34 Å². The second-order valence-corrected chi connectivity index (χ2v) is 13.6. The van der Waals surface area contributed by atoms with Crippen LogP contribution in [0.25, 0.3) is 0 Å². The number of ether oxygens (including phenoxy) is 1. The van der Waals surface area contributed by atoms with E-state index < -0.39 is 13.3 Å². The molecule has 0 aliphatic rings. The van der Waals surface area contributed by atoms with Gasteiger partial charge in [0.15, 0.2) is 0 Å². The minimum atomic E-state index is -2.06. The molecular weight excluding hydrogens is 457 g/mol. The summed E-state index contributed by atoms with van der Waals surface area (Å²) in [7, 11) is 1.72. The second-order valence-electron chi connectivity index (χ2n) is 5.10. The summed E-state index contributed by atoms with van der Waals surface area (Å²) in [5.41, 5.74) is 0. The van der Waals surface area contributed by atoms with Crippen molar-refractivity contribution in [2.24, 2.45) is 0 Å². The molecule has 0 heterocycles. The second kappa shape index (κ2) is 16.1. The molecule has 2 amide bonds. The zero-order valence-corrected chi connectivity index (χ0v) is 18.2. The van der Waals surface area contributed by atoms with Crippen molar-refractivity contribution < 1.29 is 17.9 Å². The molecule has 0 unspecified atom stereocenters. The summed E-state index contributed by atoms with van der Waals surface area (Å²) in [5, 5.41) is 2.94. The van der Waals surface area contributed by atoms with Crippen molar-refractivity contribution in [3.05, 3.63) is 0 Å². The zero-order valence-electron chi connectivity index (χ0n) is 13.7. The van der Waals surface area contributed by atoms with Crippen LogP contribution in [0.4, 0.5) is 0 Å². The topological polar surface area (TPSA) is 76.7 Å². The van der Waals surface area contributed by atoms with E-state index in [4.69, 9.17) is 8.27 Å². The fraction of sp³-hybridized carbons (Fsp3) is 0.857. The van der Waals surface area contributed by atoms with Crippen molar-refractivity contribution in [2.45, 2.75) is 51.9 Å². The third-order valence-corrected chi connectivity index (χ3v) is 8.90. The van der Waals surface area contributed by atoms with Crippen LogP contribution in [-0.2, 0) is 17.9 Å². The summed E-state index contributed by atoms with van der Waals surface area (Å²) in [6.07, 6.45) is 6.62. The predicted molar refractivity (Wildman–Crippen MR) is 96.7 cm³/mol. The summed E-state index contributed by atoms with van der Waals surface area (Å²) in [4.78, 5) is 22.4. The van der Waals surface area contributed by atoms with Crippen molar-refractivity contribution in [2.75, 3.05) is 26.9 Å². The first-order chi connectivity index (χ1) is 10.6. The van der Waals surface area contributed by atoms with Crippen LogP contribution < -0.4 is 9.34 Å². The Bertz CT molecular complexity index is 309. The van der Waals surface area contributed by atoms with Crippen LogP contribution in [0.2, 0.25) is 0 Å². The van der Waals surface area contributed by atoms with E-state index in [2.05, 4.69) is 29.0 Å². The average molecular weight is 485 g/mol. The number of amides is 2. The van der Waals surface area contributed by atoms with Gasteiger partial charge in [-0.15, -0.1) is 0 Å². The van der Waals surface area contributed by atoms with Crippen molar-refractivity contribution >= 4 is 44.8 Å². The van der Waals surface area contributed by atoms with E-state index in [0.29, 0.717) is 13.0 Å². The van der Waals surface area contributed by atoms with Gasteiger partial charge in [0, 0.05) is 13.7 Å². The molecule has 0 radical (unpaired) electrons. The van der Waals surface area contributed by atoms with Gasteiger partial charge in [-0.25, -0.2) is 0 Å². The molecule has 0 aliphatic carbocycles. The molecule has 0 aromatic rings. The van der Waals surface area contributed by atoms with E-state index in [-0.39, 0.29) is 11.8 Å². The van der Waals surface area contributed by atoms with Gasteiger partial charge in [-0.3, -0.25) is 0 Å². The third kappa shape index (κ3) is 16.6. The molecule has 0 fully saturated rings. The first-order valence-corrected chi connectivity index (χ1v) is 17.4. The molecule has 0 spiro atoms. The zero-order chi connectivity index (χ0) is 16.6. The van der Waals surface area contributed by atoms with Gasteiger partial charge >= 0.3 is 132 Å². The number of rotatable bonds is 14. The van der Waals surface area contributed by atoms with Crippen LogP contribution in [0.3, 0.4) is 0 Å².